The number of rotatable bonds is 6. The Hall–Kier alpha value is -3.08. The van der Waals surface area contributed by atoms with Crippen molar-refractivity contribution in [1.29, 1.82) is 0 Å². The van der Waals surface area contributed by atoms with Crippen molar-refractivity contribution in [2.75, 3.05) is 20.3 Å². The zero-order valence-electron chi connectivity index (χ0n) is 16.3. The molecule has 0 radical (unpaired) electrons. The fourth-order valence-electron chi connectivity index (χ4n) is 2.90. The Bertz CT molecular complexity index is 1260. The van der Waals surface area contributed by atoms with Crippen molar-refractivity contribution in [3.8, 4) is 11.6 Å². The van der Waals surface area contributed by atoms with E-state index in [1.165, 1.54) is 46.8 Å². The predicted molar refractivity (Wildman–Crippen MR) is 120 cm³/mol. The van der Waals surface area contributed by atoms with Crippen molar-refractivity contribution < 1.29 is 18.7 Å². The third-order valence-electron chi connectivity index (χ3n) is 4.43. The molecule has 0 saturated carbocycles. The van der Waals surface area contributed by atoms with Crippen molar-refractivity contribution in [1.82, 2.24) is 14.3 Å². The third kappa shape index (κ3) is 4.36. The number of hydrogen-bond donors (Lipinski definition) is 0. The highest BCUT2D eigenvalue weighted by Crippen LogP contribution is 2.33. The number of fused-ring (bicyclic) bond motifs is 1. The van der Waals surface area contributed by atoms with Gasteiger partial charge in [-0.05, 0) is 42.5 Å². The van der Waals surface area contributed by atoms with Gasteiger partial charge in [0.05, 0.1) is 18.1 Å². The van der Waals surface area contributed by atoms with Crippen molar-refractivity contribution >= 4 is 45.9 Å². The number of carbonyl (C=O) groups excluding carboxylic acids is 1. The van der Waals surface area contributed by atoms with E-state index in [1.54, 1.807) is 24.4 Å². The molecule has 3 heterocycles. The number of halogens is 1. The van der Waals surface area contributed by atoms with Crippen molar-refractivity contribution in [3.63, 3.8) is 0 Å². The van der Waals surface area contributed by atoms with E-state index < -0.39 is 11.4 Å². The van der Waals surface area contributed by atoms with Gasteiger partial charge in [0, 0.05) is 13.3 Å². The second-order valence-corrected chi connectivity index (χ2v) is 8.12. The normalized spacial score (nSPS) is 15.3. The second-order valence-electron chi connectivity index (χ2n) is 6.45. The summed E-state index contributed by atoms with van der Waals surface area (Å²) in [7, 11) is 1.54. The fraction of sp³-hybridized carbons (Fsp3) is 0.143. The number of pyridine rings is 1. The first-order valence-electron chi connectivity index (χ1n) is 9.17. The topological polar surface area (TPSA) is 73.1 Å². The lowest BCUT2D eigenvalue weighted by atomic mass is 10.2. The van der Waals surface area contributed by atoms with Gasteiger partial charge in [0.15, 0.2) is 0 Å². The number of carbonyl (C=O) groups is 1. The molecule has 3 aromatic rings. The molecule has 0 bridgehead atoms. The highest BCUT2D eigenvalue weighted by Gasteiger charge is 2.32. The average Bonchev–Trinajstić information content (AvgIpc) is 3.03. The van der Waals surface area contributed by atoms with Gasteiger partial charge >= 0.3 is 0 Å². The molecule has 1 amide bonds. The molecule has 1 aliphatic heterocycles. The van der Waals surface area contributed by atoms with Gasteiger partial charge in [-0.3, -0.25) is 18.9 Å². The van der Waals surface area contributed by atoms with E-state index in [-0.39, 0.29) is 22.3 Å². The smallest absolute Gasteiger partial charge is 0.269 e. The van der Waals surface area contributed by atoms with Crippen LogP contribution in [-0.2, 0) is 9.53 Å². The predicted octanol–water partition coefficient (Wildman–Crippen LogP) is 3.47. The van der Waals surface area contributed by atoms with E-state index in [1.807, 2.05) is 0 Å². The van der Waals surface area contributed by atoms with Gasteiger partial charge < -0.3 is 9.47 Å². The molecule has 4 rings (SSSR count). The van der Waals surface area contributed by atoms with Crippen LogP contribution in [-0.4, -0.2) is 44.8 Å². The molecule has 2 aromatic heterocycles. The van der Waals surface area contributed by atoms with Crippen LogP contribution in [0.3, 0.4) is 0 Å². The number of thiocarbonyl (C=S) groups is 1. The highest BCUT2D eigenvalue weighted by atomic mass is 32.2. The lowest BCUT2D eigenvalue weighted by molar-refractivity contribution is -0.122. The first-order valence-corrected chi connectivity index (χ1v) is 10.4. The molecule has 0 spiro atoms. The van der Waals surface area contributed by atoms with Crippen molar-refractivity contribution in [2.45, 2.75) is 0 Å². The number of amides is 1. The van der Waals surface area contributed by atoms with E-state index in [4.69, 9.17) is 21.7 Å². The molecule has 158 valence electrons. The van der Waals surface area contributed by atoms with E-state index in [2.05, 4.69) is 4.98 Å². The summed E-state index contributed by atoms with van der Waals surface area (Å²) in [5.74, 6) is -0.433. The van der Waals surface area contributed by atoms with Crippen LogP contribution in [0.5, 0.6) is 11.6 Å². The molecule has 0 aliphatic carbocycles. The quantitative estimate of drug-likeness (QED) is 0.415. The molecule has 31 heavy (non-hydrogen) atoms. The second kappa shape index (κ2) is 8.96. The van der Waals surface area contributed by atoms with Crippen LogP contribution in [0.2, 0.25) is 0 Å². The Balaban J connectivity index is 1.80. The Kier molecular flexibility index (Phi) is 6.12. The zero-order valence-corrected chi connectivity index (χ0v) is 17.9. The minimum absolute atomic E-state index is 0.00460. The fourth-order valence-corrected chi connectivity index (χ4v) is 4.19. The standard InChI is InChI=1S/C21H16FN3O4S2/c1-28-11-10-25-20(27)16(31-21(25)30)12-15-18(29-14-7-5-13(22)6-8-14)23-17-4-2-3-9-24(17)19(15)26/h2-9,12H,10-11H2,1H3. The Morgan fingerprint density at radius 1 is 1.19 bits per heavy atom. The molecular weight excluding hydrogens is 441 g/mol. The Morgan fingerprint density at radius 2 is 1.97 bits per heavy atom. The SMILES string of the molecule is COCCN1C(=O)C(=Cc2c(Oc3ccc(F)cc3)nc3ccccn3c2=O)SC1=S. The van der Waals surface area contributed by atoms with Crippen LogP contribution in [0.1, 0.15) is 5.56 Å². The van der Waals surface area contributed by atoms with E-state index in [9.17, 15) is 14.0 Å². The van der Waals surface area contributed by atoms with Crippen LogP contribution in [0.25, 0.3) is 11.7 Å². The maximum Gasteiger partial charge on any atom is 0.269 e. The van der Waals surface area contributed by atoms with Gasteiger partial charge in [-0.1, -0.05) is 30.0 Å². The maximum absolute atomic E-state index is 13.3. The van der Waals surface area contributed by atoms with Gasteiger partial charge in [0.25, 0.3) is 11.5 Å². The molecule has 0 atom stereocenters. The Labute approximate surface area is 186 Å². The lowest BCUT2D eigenvalue weighted by Gasteiger charge is -2.13. The number of hydrogen-bond acceptors (Lipinski definition) is 7. The number of methoxy groups -OCH3 is 1. The molecule has 7 nitrogen and oxygen atoms in total. The molecule has 0 N–H and O–H groups in total. The molecular formula is C21H16FN3O4S2. The Morgan fingerprint density at radius 3 is 2.71 bits per heavy atom. The van der Waals surface area contributed by atoms with Gasteiger partial charge in [0.1, 0.15) is 27.1 Å². The molecule has 1 saturated heterocycles. The maximum atomic E-state index is 13.3. The summed E-state index contributed by atoms with van der Waals surface area (Å²) < 4.78 is 25.8. The van der Waals surface area contributed by atoms with E-state index in [0.717, 1.165) is 11.8 Å². The number of aromatic nitrogens is 2. The molecule has 10 heteroatoms. The van der Waals surface area contributed by atoms with E-state index >= 15 is 0 Å². The minimum Gasteiger partial charge on any atom is -0.438 e. The molecule has 1 aromatic carbocycles. The van der Waals surface area contributed by atoms with Crippen molar-refractivity contribution in [3.05, 3.63) is 75.3 Å². The number of benzene rings is 1. The lowest BCUT2D eigenvalue weighted by Crippen LogP contribution is -2.31. The zero-order chi connectivity index (χ0) is 22.0. The summed E-state index contributed by atoms with van der Waals surface area (Å²) in [5.41, 5.74) is 0.0412. The van der Waals surface area contributed by atoms with Crippen LogP contribution < -0.4 is 10.3 Å². The largest absolute Gasteiger partial charge is 0.438 e. The molecule has 1 aliphatic rings. The van der Waals surface area contributed by atoms with Crippen molar-refractivity contribution in [2.24, 2.45) is 0 Å². The summed E-state index contributed by atoms with van der Waals surface area (Å²) >= 11 is 6.38. The minimum atomic E-state index is -0.418. The van der Waals surface area contributed by atoms with E-state index in [0.29, 0.717) is 28.9 Å². The molecule has 0 unspecified atom stereocenters. The van der Waals surface area contributed by atoms with Crippen LogP contribution in [0.4, 0.5) is 4.39 Å². The summed E-state index contributed by atoms with van der Waals surface area (Å²) in [6, 6.07) is 10.4. The monoisotopic (exact) mass is 457 g/mol. The van der Waals surface area contributed by atoms with Gasteiger partial charge in [0.2, 0.25) is 5.88 Å². The summed E-state index contributed by atoms with van der Waals surface area (Å²) in [5, 5.41) is 0. The average molecular weight is 458 g/mol. The van der Waals surface area contributed by atoms with Gasteiger partial charge in [-0.15, -0.1) is 0 Å². The molecule has 1 fully saturated rings. The summed E-state index contributed by atoms with van der Waals surface area (Å²) in [4.78, 5) is 32.1. The van der Waals surface area contributed by atoms with Crippen LogP contribution in [0, 0.1) is 5.82 Å². The highest BCUT2D eigenvalue weighted by molar-refractivity contribution is 8.26. The van der Waals surface area contributed by atoms with Gasteiger partial charge in [-0.2, -0.15) is 4.98 Å². The number of nitrogens with zero attached hydrogens (tertiary/aromatic N) is 3. The first-order chi connectivity index (χ1) is 15.0. The first kappa shape index (κ1) is 21.2. The summed E-state index contributed by atoms with van der Waals surface area (Å²) in [6.07, 6.45) is 3.01. The van der Waals surface area contributed by atoms with Gasteiger partial charge in [-0.25, -0.2) is 4.39 Å². The number of ether oxygens (including phenoxy) is 2. The summed E-state index contributed by atoms with van der Waals surface area (Å²) in [6.45, 7) is 0.644. The van der Waals surface area contributed by atoms with Crippen LogP contribution in [0.15, 0.2) is 58.4 Å². The van der Waals surface area contributed by atoms with Crippen LogP contribution >= 0.6 is 24.0 Å². The third-order valence-corrected chi connectivity index (χ3v) is 5.81. The number of thioether (sulfide) groups is 1.